The molecule has 1 aliphatic rings. The summed E-state index contributed by atoms with van der Waals surface area (Å²) in [5.74, 6) is 1.05. The van der Waals surface area contributed by atoms with Gasteiger partial charge in [0.15, 0.2) is 0 Å². The number of likely N-dealkylation sites (N-methyl/N-ethyl adjacent to an activating group) is 1. The van der Waals surface area contributed by atoms with Gasteiger partial charge < -0.3 is 4.90 Å². The molecule has 0 saturated carbocycles. The fraction of sp³-hybridized carbons (Fsp3) is 0.250. The Labute approximate surface area is 199 Å². The smallest absolute Gasteiger partial charge is 0.137 e. The number of hydrogen-bond donors (Lipinski definition) is 0. The molecule has 6 nitrogen and oxygen atoms in total. The molecule has 1 fully saturated rings. The van der Waals surface area contributed by atoms with E-state index in [1.807, 2.05) is 30.7 Å². The van der Waals surface area contributed by atoms with Crippen LogP contribution >= 0.6 is 0 Å². The molecule has 4 aromatic heterocycles. The second-order valence-electron chi connectivity index (χ2n) is 9.34. The summed E-state index contributed by atoms with van der Waals surface area (Å²) in [5, 5.41) is 1.13. The molecule has 170 valence electrons. The second-order valence-corrected chi connectivity index (χ2v) is 9.34. The van der Waals surface area contributed by atoms with E-state index in [1.165, 1.54) is 0 Å². The zero-order chi connectivity index (χ0) is 23.2. The number of rotatable bonds is 3. The van der Waals surface area contributed by atoms with E-state index < -0.39 is 0 Å². The number of hydrogen-bond acceptors (Lipinski definition) is 5. The van der Waals surface area contributed by atoms with Gasteiger partial charge in [0.2, 0.25) is 0 Å². The van der Waals surface area contributed by atoms with Crippen LogP contribution in [0.25, 0.3) is 38.9 Å². The lowest BCUT2D eigenvalue weighted by molar-refractivity contribution is 0.169. The Morgan fingerprint density at radius 3 is 2.44 bits per heavy atom. The third kappa shape index (κ3) is 3.51. The van der Waals surface area contributed by atoms with Gasteiger partial charge in [0.25, 0.3) is 0 Å². The SMILES string of the molecule is C[C@@H]1CN(c2ccc(-c3ccn4c(-c5ccnc6ccccc56)cnc4c3)cn2)C[C@H](C)N1C. The first-order chi connectivity index (χ1) is 16.6. The molecule has 34 heavy (non-hydrogen) atoms. The van der Waals surface area contributed by atoms with E-state index in [0.29, 0.717) is 12.1 Å². The molecule has 5 heterocycles. The Bertz CT molecular complexity index is 1450. The molecule has 6 heteroatoms. The average Bonchev–Trinajstić information content (AvgIpc) is 3.30. The molecule has 6 rings (SSSR count). The first-order valence-corrected chi connectivity index (χ1v) is 11.8. The van der Waals surface area contributed by atoms with Gasteiger partial charge in [0.05, 0.1) is 17.4 Å². The van der Waals surface area contributed by atoms with Crippen molar-refractivity contribution >= 4 is 22.4 Å². The molecule has 0 amide bonds. The lowest BCUT2D eigenvalue weighted by Gasteiger charge is -2.43. The highest BCUT2D eigenvalue weighted by Crippen LogP contribution is 2.30. The van der Waals surface area contributed by atoms with Crippen molar-refractivity contribution < 1.29 is 0 Å². The third-order valence-electron chi connectivity index (χ3n) is 7.20. The third-order valence-corrected chi connectivity index (χ3v) is 7.20. The van der Waals surface area contributed by atoms with Gasteiger partial charge >= 0.3 is 0 Å². The molecule has 0 radical (unpaired) electrons. The molecule has 1 aromatic carbocycles. The molecule has 0 aliphatic carbocycles. The molecule has 5 aromatic rings. The Hall–Kier alpha value is -3.77. The van der Waals surface area contributed by atoms with Crippen LogP contribution in [0.4, 0.5) is 5.82 Å². The number of imidazole rings is 1. The minimum atomic E-state index is 0.514. The van der Waals surface area contributed by atoms with Crippen molar-refractivity contribution in [2.75, 3.05) is 25.0 Å². The van der Waals surface area contributed by atoms with Crippen LogP contribution in [0.5, 0.6) is 0 Å². The highest BCUT2D eigenvalue weighted by Gasteiger charge is 2.27. The lowest BCUT2D eigenvalue weighted by atomic mass is 10.1. The van der Waals surface area contributed by atoms with Gasteiger partial charge in [-0.05, 0) is 62.9 Å². The predicted molar refractivity (Wildman–Crippen MR) is 138 cm³/mol. The zero-order valence-electron chi connectivity index (χ0n) is 19.8. The minimum absolute atomic E-state index is 0.514. The number of anilines is 1. The van der Waals surface area contributed by atoms with Gasteiger partial charge in [0, 0.05) is 60.3 Å². The summed E-state index contributed by atoms with van der Waals surface area (Å²) in [6, 6.07) is 19.9. The summed E-state index contributed by atoms with van der Waals surface area (Å²) in [6.45, 7) is 6.55. The van der Waals surface area contributed by atoms with Crippen LogP contribution in [0.2, 0.25) is 0 Å². The van der Waals surface area contributed by atoms with Gasteiger partial charge in [-0.3, -0.25) is 14.3 Å². The minimum Gasteiger partial charge on any atom is -0.354 e. The van der Waals surface area contributed by atoms with E-state index in [2.05, 4.69) is 88.7 Å². The molecule has 0 N–H and O–H groups in total. The van der Waals surface area contributed by atoms with Gasteiger partial charge in [-0.15, -0.1) is 0 Å². The first kappa shape index (κ1) is 20.8. The number of benzene rings is 1. The number of aromatic nitrogens is 4. The van der Waals surface area contributed by atoms with Crippen molar-refractivity contribution in [2.45, 2.75) is 25.9 Å². The first-order valence-electron chi connectivity index (χ1n) is 11.8. The van der Waals surface area contributed by atoms with Crippen molar-refractivity contribution in [1.82, 2.24) is 24.3 Å². The summed E-state index contributed by atoms with van der Waals surface area (Å²) < 4.78 is 2.14. The van der Waals surface area contributed by atoms with E-state index in [9.17, 15) is 0 Å². The van der Waals surface area contributed by atoms with Crippen LogP contribution in [0.1, 0.15) is 13.8 Å². The normalized spacial score (nSPS) is 19.2. The predicted octanol–water partition coefficient (Wildman–Crippen LogP) is 5.14. The molecular formula is C28H28N6. The van der Waals surface area contributed by atoms with E-state index >= 15 is 0 Å². The number of fused-ring (bicyclic) bond motifs is 2. The van der Waals surface area contributed by atoms with Crippen LogP contribution in [0.15, 0.2) is 79.4 Å². The summed E-state index contributed by atoms with van der Waals surface area (Å²) in [6.07, 6.45) is 7.88. The maximum absolute atomic E-state index is 4.81. The fourth-order valence-corrected chi connectivity index (χ4v) is 5.01. The van der Waals surface area contributed by atoms with Crippen molar-refractivity contribution in [1.29, 1.82) is 0 Å². The van der Waals surface area contributed by atoms with Gasteiger partial charge in [-0.2, -0.15) is 0 Å². The van der Waals surface area contributed by atoms with Crippen molar-refractivity contribution in [3.05, 3.63) is 79.4 Å². The highest BCUT2D eigenvalue weighted by molar-refractivity contribution is 5.93. The van der Waals surface area contributed by atoms with Crippen molar-refractivity contribution in [2.24, 2.45) is 0 Å². The summed E-state index contributed by atoms with van der Waals surface area (Å²) >= 11 is 0. The quantitative estimate of drug-likeness (QED) is 0.383. The van der Waals surface area contributed by atoms with Gasteiger partial charge in [-0.1, -0.05) is 18.2 Å². The summed E-state index contributed by atoms with van der Waals surface area (Å²) in [5.41, 5.74) is 6.31. The number of para-hydroxylation sites is 1. The second kappa shape index (κ2) is 8.22. The van der Waals surface area contributed by atoms with Crippen LogP contribution in [-0.2, 0) is 0 Å². The molecule has 1 aliphatic heterocycles. The Balaban J connectivity index is 1.31. The Morgan fingerprint density at radius 1 is 0.824 bits per heavy atom. The average molecular weight is 449 g/mol. The molecule has 0 spiro atoms. The topological polar surface area (TPSA) is 49.6 Å². The van der Waals surface area contributed by atoms with E-state index in [-0.39, 0.29) is 0 Å². The standard InChI is InChI=1S/C28H28N6/c1-19-17-33(18-20(2)32(19)3)27-9-8-22(15-30-27)21-11-13-34-26(16-31-28(34)14-21)24-10-12-29-25-7-5-4-6-23(24)25/h4-16,19-20H,17-18H2,1-3H3/t19-,20+. The molecule has 0 bridgehead atoms. The lowest BCUT2D eigenvalue weighted by Crippen LogP contribution is -2.55. The number of piperazine rings is 1. The van der Waals surface area contributed by atoms with Crippen LogP contribution in [0, 0.1) is 0 Å². The number of nitrogens with zero attached hydrogens (tertiary/aromatic N) is 6. The maximum Gasteiger partial charge on any atom is 0.137 e. The van der Waals surface area contributed by atoms with E-state index in [0.717, 1.165) is 57.8 Å². The molecular weight excluding hydrogens is 420 g/mol. The van der Waals surface area contributed by atoms with Crippen molar-refractivity contribution in [3.8, 4) is 22.4 Å². The molecule has 0 unspecified atom stereocenters. The van der Waals surface area contributed by atoms with Crippen molar-refractivity contribution in [3.63, 3.8) is 0 Å². The van der Waals surface area contributed by atoms with E-state index in [1.54, 1.807) is 0 Å². The largest absolute Gasteiger partial charge is 0.354 e. The van der Waals surface area contributed by atoms with E-state index in [4.69, 9.17) is 9.97 Å². The van der Waals surface area contributed by atoms with Crippen LogP contribution in [0.3, 0.4) is 0 Å². The zero-order valence-corrected chi connectivity index (χ0v) is 19.8. The summed E-state index contributed by atoms with van der Waals surface area (Å²) in [4.78, 5) is 18.9. The Kier molecular flexibility index (Phi) is 5.03. The Morgan fingerprint density at radius 2 is 1.65 bits per heavy atom. The van der Waals surface area contributed by atoms with Gasteiger partial charge in [-0.25, -0.2) is 9.97 Å². The maximum atomic E-state index is 4.81. The van der Waals surface area contributed by atoms with Crippen LogP contribution in [-0.4, -0.2) is 56.5 Å². The van der Waals surface area contributed by atoms with Crippen LogP contribution < -0.4 is 4.90 Å². The highest BCUT2D eigenvalue weighted by atomic mass is 15.3. The molecule has 1 saturated heterocycles. The number of pyridine rings is 3. The summed E-state index contributed by atoms with van der Waals surface area (Å²) in [7, 11) is 2.21. The van der Waals surface area contributed by atoms with Gasteiger partial charge in [0.1, 0.15) is 11.5 Å². The monoisotopic (exact) mass is 448 g/mol. The fourth-order valence-electron chi connectivity index (χ4n) is 5.01. The molecule has 2 atom stereocenters.